The van der Waals surface area contributed by atoms with Crippen LogP contribution in [0.15, 0.2) is 70.4 Å². The van der Waals surface area contributed by atoms with Crippen molar-refractivity contribution in [1.82, 2.24) is 19.9 Å². The molecule has 0 unspecified atom stereocenters. The summed E-state index contributed by atoms with van der Waals surface area (Å²) >= 11 is 2.89. The van der Waals surface area contributed by atoms with E-state index in [1.165, 1.54) is 20.5 Å². The van der Waals surface area contributed by atoms with Crippen LogP contribution in [0.2, 0.25) is 0 Å². The summed E-state index contributed by atoms with van der Waals surface area (Å²) in [6.45, 7) is 6.75. The van der Waals surface area contributed by atoms with Gasteiger partial charge in [0.1, 0.15) is 15.0 Å². The molecule has 0 amide bonds. The summed E-state index contributed by atoms with van der Waals surface area (Å²) in [5, 5.41) is 3.62. The predicted molar refractivity (Wildman–Crippen MR) is 156 cm³/mol. The first-order chi connectivity index (χ1) is 18.4. The zero-order valence-corrected chi connectivity index (χ0v) is 23.6. The van der Waals surface area contributed by atoms with Crippen LogP contribution in [0.25, 0.3) is 21.6 Å². The Labute approximate surface area is 230 Å². The summed E-state index contributed by atoms with van der Waals surface area (Å²) in [5.41, 5.74) is 3.32. The number of rotatable bonds is 7. The summed E-state index contributed by atoms with van der Waals surface area (Å²) in [6.07, 6.45) is 1.95. The van der Waals surface area contributed by atoms with Crippen LogP contribution < -0.4 is 9.21 Å². The van der Waals surface area contributed by atoms with Crippen LogP contribution in [-0.4, -0.2) is 61.5 Å². The molecule has 1 fully saturated rings. The first-order valence-corrected chi connectivity index (χ1v) is 15.5. The molecular weight excluding hydrogens is 537 g/mol. The van der Waals surface area contributed by atoms with Crippen LogP contribution in [0.3, 0.4) is 0 Å². The SMILES string of the molecule is Cc1cccc(N2CCN(Cc3cnc(-c4cc5cccc(N(C)S(=O)(=O)c6cccs6)c5[nH]4)s3)CC2)n1. The average molecular weight is 565 g/mol. The molecule has 1 aliphatic heterocycles. The number of para-hydroxylation sites is 1. The number of anilines is 2. The summed E-state index contributed by atoms with van der Waals surface area (Å²) < 4.78 is 27.9. The number of aromatic nitrogens is 3. The Kier molecular flexibility index (Phi) is 6.68. The van der Waals surface area contributed by atoms with E-state index in [1.54, 1.807) is 35.9 Å². The van der Waals surface area contributed by atoms with Gasteiger partial charge in [0.05, 0.1) is 16.9 Å². The summed E-state index contributed by atoms with van der Waals surface area (Å²) in [7, 11) is -2.03. The number of thiazole rings is 1. The van der Waals surface area contributed by atoms with Gasteiger partial charge < -0.3 is 9.88 Å². The fourth-order valence-electron chi connectivity index (χ4n) is 4.76. The third-order valence-corrected chi connectivity index (χ3v) is 11.0. The number of aryl methyl sites for hydroxylation is 1. The van der Waals surface area contributed by atoms with Crippen molar-refractivity contribution in [3.63, 3.8) is 0 Å². The van der Waals surface area contributed by atoms with Crippen LogP contribution in [0, 0.1) is 6.92 Å². The summed E-state index contributed by atoms with van der Waals surface area (Å²) in [5.74, 6) is 1.05. The fourth-order valence-corrected chi connectivity index (χ4v) is 8.05. The first-order valence-electron chi connectivity index (χ1n) is 12.4. The lowest BCUT2D eigenvalue weighted by atomic mass is 10.2. The zero-order valence-electron chi connectivity index (χ0n) is 21.2. The Balaban J connectivity index is 1.17. The van der Waals surface area contributed by atoms with Crippen molar-refractivity contribution in [3.8, 4) is 10.7 Å². The number of nitrogens with zero attached hydrogens (tertiary/aromatic N) is 5. The highest BCUT2D eigenvalue weighted by atomic mass is 32.2. The van der Waals surface area contributed by atoms with E-state index in [1.807, 2.05) is 43.5 Å². The molecular formula is C27H28N6O2S3. The van der Waals surface area contributed by atoms with Gasteiger partial charge in [0, 0.05) is 61.9 Å². The van der Waals surface area contributed by atoms with Gasteiger partial charge in [0.15, 0.2) is 0 Å². The number of hydrogen-bond donors (Lipinski definition) is 1. The van der Waals surface area contributed by atoms with Gasteiger partial charge in [-0.2, -0.15) is 0 Å². The van der Waals surface area contributed by atoms with Gasteiger partial charge in [0.25, 0.3) is 10.0 Å². The highest BCUT2D eigenvalue weighted by Crippen LogP contribution is 2.35. The second-order valence-corrected chi connectivity index (χ2v) is 13.6. The van der Waals surface area contributed by atoms with Crippen molar-refractivity contribution < 1.29 is 8.42 Å². The molecule has 4 aromatic heterocycles. The van der Waals surface area contributed by atoms with Crippen molar-refractivity contribution in [2.24, 2.45) is 0 Å². The van der Waals surface area contributed by atoms with E-state index < -0.39 is 10.0 Å². The van der Waals surface area contributed by atoms with Crippen LogP contribution in [0.4, 0.5) is 11.5 Å². The number of pyridine rings is 1. The molecule has 1 aliphatic rings. The normalized spacial score (nSPS) is 14.8. The van der Waals surface area contributed by atoms with Crippen molar-refractivity contribution in [1.29, 1.82) is 0 Å². The van der Waals surface area contributed by atoms with Crippen molar-refractivity contribution in [3.05, 3.63) is 76.7 Å². The van der Waals surface area contributed by atoms with E-state index in [0.717, 1.165) is 65.8 Å². The minimum Gasteiger partial charge on any atom is -0.354 e. The Morgan fingerprint density at radius 3 is 2.63 bits per heavy atom. The number of piperazine rings is 1. The second kappa shape index (κ2) is 10.1. The van der Waals surface area contributed by atoms with Crippen LogP contribution in [0.1, 0.15) is 10.6 Å². The maximum Gasteiger partial charge on any atom is 0.273 e. The molecule has 1 N–H and O–H groups in total. The molecule has 1 saturated heterocycles. The van der Waals surface area contributed by atoms with Gasteiger partial charge in [-0.15, -0.1) is 22.7 Å². The number of sulfonamides is 1. The molecule has 38 heavy (non-hydrogen) atoms. The maximum atomic E-state index is 13.1. The summed E-state index contributed by atoms with van der Waals surface area (Å²) in [6, 6.07) is 17.3. The number of fused-ring (bicyclic) bond motifs is 1. The van der Waals surface area contributed by atoms with E-state index in [9.17, 15) is 8.42 Å². The summed E-state index contributed by atoms with van der Waals surface area (Å²) in [4.78, 5) is 18.8. The maximum absolute atomic E-state index is 13.1. The van der Waals surface area contributed by atoms with Gasteiger partial charge in [-0.3, -0.25) is 9.21 Å². The number of nitrogens with one attached hydrogen (secondary N) is 1. The molecule has 0 bridgehead atoms. The number of aromatic amines is 1. The lowest BCUT2D eigenvalue weighted by molar-refractivity contribution is 0.251. The van der Waals surface area contributed by atoms with Crippen molar-refractivity contribution in [2.45, 2.75) is 17.7 Å². The molecule has 6 rings (SSSR count). The fraction of sp³-hybridized carbons (Fsp3) is 0.259. The molecule has 8 nitrogen and oxygen atoms in total. The smallest absolute Gasteiger partial charge is 0.273 e. The van der Waals surface area contributed by atoms with Gasteiger partial charge in [-0.25, -0.2) is 18.4 Å². The number of hydrogen-bond acceptors (Lipinski definition) is 8. The highest BCUT2D eigenvalue weighted by Gasteiger charge is 2.25. The molecule has 196 valence electrons. The van der Waals surface area contributed by atoms with E-state index in [0.29, 0.717) is 9.90 Å². The Hall–Kier alpha value is -3.25. The Bertz CT molecular complexity index is 1670. The molecule has 11 heteroatoms. The van der Waals surface area contributed by atoms with Crippen LogP contribution in [0.5, 0.6) is 0 Å². The third-order valence-electron chi connectivity index (χ3n) is 6.82. The second-order valence-electron chi connectivity index (χ2n) is 9.36. The molecule has 0 radical (unpaired) electrons. The van der Waals surface area contributed by atoms with E-state index in [-0.39, 0.29) is 0 Å². The molecule has 1 aromatic carbocycles. The Morgan fingerprint density at radius 1 is 1.05 bits per heavy atom. The van der Waals surface area contributed by atoms with Gasteiger partial charge in [0.2, 0.25) is 0 Å². The molecule has 0 atom stereocenters. The number of H-pyrrole nitrogens is 1. The largest absolute Gasteiger partial charge is 0.354 e. The highest BCUT2D eigenvalue weighted by molar-refractivity contribution is 7.94. The zero-order chi connectivity index (χ0) is 26.3. The molecule has 0 spiro atoms. The van der Waals surface area contributed by atoms with Gasteiger partial charge in [-0.05, 0) is 42.6 Å². The monoisotopic (exact) mass is 564 g/mol. The standard InChI is InChI=1S/C27H28N6O2S3/c1-19-6-3-9-24(29-19)33-13-11-32(12-14-33)18-21-17-28-27(37-21)22-16-20-7-4-8-23(26(20)30-22)31(2)38(34,35)25-10-5-15-36-25/h3-10,15-17,30H,11-14,18H2,1-2H3. The topological polar surface area (TPSA) is 85.4 Å². The van der Waals surface area contributed by atoms with Crippen LogP contribution >= 0.6 is 22.7 Å². The van der Waals surface area contributed by atoms with E-state index in [2.05, 4.69) is 31.9 Å². The molecule has 5 heterocycles. The average Bonchev–Trinajstić information content (AvgIpc) is 3.69. The van der Waals surface area contributed by atoms with Gasteiger partial charge in [-0.1, -0.05) is 24.3 Å². The predicted octanol–water partition coefficient (Wildman–Crippen LogP) is 5.20. The Morgan fingerprint density at radius 2 is 1.87 bits per heavy atom. The van der Waals surface area contributed by atoms with E-state index >= 15 is 0 Å². The quantitative estimate of drug-likeness (QED) is 0.292. The van der Waals surface area contributed by atoms with Gasteiger partial charge >= 0.3 is 0 Å². The lowest BCUT2D eigenvalue weighted by Gasteiger charge is -2.35. The lowest BCUT2D eigenvalue weighted by Crippen LogP contribution is -2.46. The molecule has 0 aliphatic carbocycles. The van der Waals surface area contributed by atoms with Crippen molar-refractivity contribution >= 4 is 55.1 Å². The molecule has 0 saturated carbocycles. The van der Waals surface area contributed by atoms with Crippen molar-refractivity contribution in [2.75, 3.05) is 42.4 Å². The first kappa shape index (κ1) is 25.1. The third kappa shape index (κ3) is 4.82. The molecule has 5 aromatic rings. The van der Waals surface area contributed by atoms with Crippen LogP contribution in [-0.2, 0) is 16.6 Å². The number of benzene rings is 1. The minimum absolute atomic E-state index is 0.323. The van der Waals surface area contributed by atoms with E-state index in [4.69, 9.17) is 4.98 Å². The number of thiophene rings is 1. The minimum atomic E-state index is -3.63.